The molecular formula is C12H20N2S. The molecular weight excluding hydrogens is 204 g/mol. The van der Waals surface area contributed by atoms with Crippen LogP contribution in [0.5, 0.6) is 0 Å². The molecule has 1 saturated carbocycles. The Morgan fingerprint density at radius 2 is 2.13 bits per heavy atom. The lowest BCUT2D eigenvalue weighted by atomic mass is 10.1. The lowest BCUT2D eigenvalue weighted by Gasteiger charge is -2.19. The molecule has 1 aliphatic carbocycles. The normalized spacial score (nSPS) is 19.2. The van der Waals surface area contributed by atoms with Gasteiger partial charge in [0.25, 0.3) is 0 Å². The second-order valence-corrected chi connectivity index (χ2v) is 6.67. The van der Waals surface area contributed by atoms with Crippen molar-refractivity contribution < 1.29 is 0 Å². The summed E-state index contributed by atoms with van der Waals surface area (Å²) in [7, 11) is 0. The molecule has 1 heterocycles. The predicted molar refractivity (Wildman–Crippen MR) is 65.3 cm³/mol. The summed E-state index contributed by atoms with van der Waals surface area (Å²) >= 11 is 1.82. The standard InChI is InChI=1S/C12H20N2S/c1-11(2,3)13-7-9-8-15-10(14-9)12(4)5-6-12/h8,13H,5-7H2,1-4H3. The molecule has 1 fully saturated rings. The van der Waals surface area contributed by atoms with Crippen LogP contribution in [-0.2, 0) is 12.0 Å². The van der Waals surface area contributed by atoms with Gasteiger partial charge in [-0.05, 0) is 33.6 Å². The monoisotopic (exact) mass is 224 g/mol. The molecule has 15 heavy (non-hydrogen) atoms. The highest BCUT2D eigenvalue weighted by Crippen LogP contribution is 2.48. The van der Waals surface area contributed by atoms with Crippen LogP contribution in [0.25, 0.3) is 0 Å². The van der Waals surface area contributed by atoms with E-state index in [2.05, 4.69) is 38.4 Å². The Labute approximate surface area is 96.1 Å². The second kappa shape index (κ2) is 3.56. The molecule has 0 unspecified atom stereocenters. The average Bonchev–Trinajstić information content (AvgIpc) is 2.70. The molecule has 0 aromatic carbocycles. The number of aromatic nitrogens is 1. The Balaban J connectivity index is 1.96. The Kier molecular flexibility index (Phi) is 2.63. The molecule has 1 aromatic heterocycles. The average molecular weight is 224 g/mol. The van der Waals surface area contributed by atoms with Gasteiger partial charge in [-0.2, -0.15) is 0 Å². The van der Waals surface area contributed by atoms with Crippen LogP contribution in [0.2, 0.25) is 0 Å². The van der Waals surface area contributed by atoms with Gasteiger partial charge in [-0.25, -0.2) is 4.98 Å². The van der Waals surface area contributed by atoms with Gasteiger partial charge >= 0.3 is 0 Å². The molecule has 3 heteroatoms. The van der Waals surface area contributed by atoms with Crippen molar-refractivity contribution in [1.82, 2.24) is 10.3 Å². The first-order valence-electron chi connectivity index (χ1n) is 5.59. The van der Waals surface area contributed by atoms with E-state index in [4.69, 9.17) is 4.98 Å². The van der Waals surface area contributed by atoms with E-state index >= 15 is 0 Å². The molecule has 0 bridgehead atoms. The minimum Gasteiger partial charge on any atom is -0.306 e. The SMILES string of the molecule is CC(C)(C)NCc1csc(C2(C)CC2)n1. The second-order valence-electron chi connectivity index (χ2n) is 5.81. The van der Waals surface area contributed by atoms with E-state index in [1.807, 2.05) is 11.3 Å². The fourth-order valence-electron chi connectivity index (χ4n) is 1.42. The van der Waals surface area contributed by atoms with E-state index in [-0.39, 0.29) is 5.54 Å². The highest BCUT2D eigenvalue weighted by molar-refractivity contribution is 7.09. The number of nitrogens with one attached hydrogen (secondary N) is 1. The maximum Gasteiger partial charge on any atom is 0.0988 e. The molecule has 2 nitrogen and oxygen atoms in total. The Morgan fingerprint density at radius 3 is 2.67 bits per heavy atom. The maximum absolute atomic E-state index is 4.70. The number of thiazole rings is 1. The van der Waals surface area contributed by atoms with E-state index in [0.717, 1.165) is 6.54 Å². The minimum atomic E-state index is 0.174. The van der Waals surface area contributed by atoms with Gasteiger partial charge in [0.05, 0.1) is 10.7 Å². The summed E-state index contributed by atoms with van der Waals surface area (Å²) < 4.78 is 0. The molecule has 0 radical (unpaired) electrons. The third-order valence-electron chi connectivity index (χ3n) is 2.87. The molecule has 1 N–H and O–H groups in total. The molecule has 2 rings (SSSR count). The third-order valence-corrected chi connectivity index (χ3v) is 4.07. The first-order chi connectivity index (χ1) is 6.89. The van der Waals surface area contributed by atoms with Crippen LogP contribution in [0, 0.1) is 0 Å². The summed E-state index contributed by atoms with van der Waals surface area (Å²) in [5.74, 6) is 0. The Bertz CT molecular complexity index is 345. The summed E-state index contributed by atoms with van der Waals surface area (Å²) in [5, 5.41) is 6.99. The number of hydrogen-bond acceptors (Lipinski definition) is 3. The van der Waals surface area contributed by atoms with Gasteiger partial charge in [0, 0.05) is 22.9 Å². The van der Waals surface area contributed by atoms with Crippen LogP contribution in [0.15, 0.2) is 5.38 Å². The van der Waals surface area contributed by atoms with E-state index in [1.54, 1.807) is 0 Å². The lowest BCUT2D eigenvalue weighted by molar-refractivity contribution is 0.421. The Hall–Kier alpha value is -0.410. The minimum absolute atomic E-state index is 0.174. The number of rotatable bonds is 3. The van der Waals surface area contributed by atoms with E-state index in [1.165, 1.54) is 23.5 Å². The van der Waals surface area contributed by atoms with Crippen molar-refractivity contribution in [2.45, 2.75) is 58.0 Å². The smallest absolute Gasteiger partial charge is 0.0988 e. The van der Waals surface area contributed by atoms with Gasteiger partial charge < -0.3 is 5.32 Å². The first kappa shape index (κ1) is 11.1. The predicted octanol–water partition coefficient (Wildman–Crippen LogP) is 3.08. The molecule has 1 aromatic rings. The summed E-state index contributed by atoms with van der Waals surface area (Å²) in [4.78, 5) is 4.70. The van der Waals surface area contributed by atoms with Crippen molar-refractivity contribution in [1.29, 1.82) is 0 Å². The maximum atomic E-state index is 4.70. The highest BCUT2D eigenvalue weighted by atomic mass is 32.1. The lowest BCUT2D eigenvalue weighted by Crippen LogP contribution is -2.35. The van der Waals surface area contributed by atoms with Crippen molar-refractivity contribution in [2.75, 3.05) is 0 Å². The number of hydrogen-bond donors (Lipinski definition) is 1. The fourth-order valence-corrected chi connectivity index (χ4v) is 2.46. The molecule has 1 aliphatic rings. The van der Waals surface area contributed by atoms with Crippen LogP contribution >= 0.6 is 11.3 Å². The van der Waals surface area contributed by atoms with Crippen LogP contribution in [-0.4, -0.2) is 10.5 Å². The topological polar surface area (TPSA) is 24.9 Å². The van der Waals surface area contributed by atoms with E-state index < -0.39 is 0 Å². The van der Waals surface area contributed by atoms with Gasteiger partial charge in [-0.15, -0.1) is 11.3 Å². The van der Waals surface area contributed by atoms with Gasteiger partial charge in [-0.3, -0.25) is 0 Å². The third kappa shape index (κ3) is 2.79. The van der Waals surface area contributed by atoms with Gasteiger partial charge in [0.15, 0.2) is 0 Å². The van der Waals surface area contributed by atoms with E-state index in [0.29, 0.717) is 5.41 Å². The molecule has 0 atom stereocenters. The van der Waals surface area contributed by atoms with Crippen molar-refractivity contribution >= 4 is 11.3 Å². The zero-order valence-corrected chi connectivity index (χ0v) is 10.9. The van der Waals surface area contributed by atoms with Crippen molar-refractivity contribution in [3.05, 3.63) is 16.1 Å². The van der Waals surface area contributed by atoms with Gasteiger partial charge in [0.1, 0.15) is 0 Å². The van der Waals surface area contributed by atoms with Crippen LogP contribution < -0.4 is 5.32 Å². The Morgan fingerprint density at radius 1 is 1.47 bits per heavy atom. The van der Waals surface area contributed by atoms with Crippen molar-refractivity contribution in [2.24, 2.45) is 0 Å². The fraction of sp³-hybridized carbons (Fsp3) is 0.750. The molecule has 0 amide bonds. The van der Waals surface area contributed by atoms with Crippen molar-refractivity contribution in [3.63, 3.8) is 0 Å². The summed E-state index contributed by atoms with van der Waals surface area (Å²) in [6.07, 6.45) is 2.62. The largest absolute Gasteiger partial charge is 0.306 e. The molecule has 0 spiro atoms. The van der Waals surface area contributed by atoms with Crippen LogP contribution in [0.3, 0.4) is 0 Å². The quantitative estimate of drug-likeness (QED) is 0.853. The van der Waals surface area contributed by atoms with Crippen LogP contribution in [0.4, 0.5) is 0 Å². The summed E-state index contributed by atoms with van der Waals surface area (Å²) in [5.41, 5.74) is 1.79. The molecule has 0 aliphatic heterocycles. The van der Waals surface area contributed by atoms with Crippen molar-refractivity contribution in [3.8, 4) is 0 Å². The van der Waals surface area contributed by atoms with Crippen LogP contribution in [0.1, 0.15) is 51.2 Å². The highest BCUT2D eigenvalue weighted by Gasteiger charge is 2.41. The molecule has 0 saturated heterocycles. The van der Waals surface area contributed by atoms with E-state index in [9.17, 15) is 0 Å². The molecule has 84 valence electrons. The summed E-state index contributed by atoms with van der Waals surface area (Å²) in [6, 6.07) is 0. The number of nitrogens with zero attached hydrogens (tertiary/aromatic N) is 1. The zero-order chi connectivity index (χ0) is 11.1. The summed E-state index contributed by atoms with van der Waals surface area (Å²) in [6.45, 7) is 9.75. The van der Waals surface area contributed by atoms with Gasteiger partial charge in [0.2, 0.25) is 0 Å². The first-order valence-corrected chi connectivity index (χ1v) is 6.47. The van der Waals surface area contributed by atoms with Gasteiger partial charge in [-0.1, -0.05) is 6.92 Å². The zero-order valence-electron chi connectivity index (χ0n) is 10.1.